The Kier molecular flexibility index (Phi) is 18.7. The van der Waals surface area contributed by atoms with Gasteiger partial charge in [-0.15, -0.1) is 0 Å². The Morgan fingerprint density at radius 3 is 1.00 bits per heavy atom. The molecule has 0 saturated heterocycles. The molecule has 64 valence electrons. The number of carbonyl (C=O) groups is 1. The molecule has 0 aliphatic rings. The van der Waals surface area contributed by atoms with Crippen LogP contribution in [-0.4, -0.2) is 6.29 Å². The first-order chi connectivity index (χ1) is 4.56. The average Bonchev–Trinajstić information content (AvgIpc) is 1.95. The molecule has 0 aromatic heterocycles. The molecule has 0 spiro atoms. The van der Waals surface area contributed by atoms with Gasteiger partial charge in [-0.05, 0) is 0 Å². The van der Waals surface area contributed by atoms with Crippen molar-refractivity contribution < 1.29 is 4.79 Å². The Hall–Kier alpha value is -0.330. The van der Waals surface area contributed by atoms with Crippen molar-refractivity contribution >= 4 is 6.29 Å². The average molecular weight is 146 g/mol. The highest BCUT2D eigenvalue weighted by atomic mass is 16.1. The zero-order chi connectivity index (χ0) is 9.21. The molecule has 0 aromatic rings. The first-order valence-electron chi connectivity index (χ1n) is 4.02. The summed E-state index contributed by atoms with van der Waals surface area (Å²) >= 11 is 0. The predicted octanol–water partition coefficient (Wildman–Crippen LogP) is 3.28. The summed E-state index contributed by atoms with van der Waals surface area (Å²) in [6.45, 7) is 13.6. The van der Waals surface area contributed by atoms with E-state index in [0.29, 0.717) is 0 Å². The van der Waals surface area contributed by atoms with E-state index < -0.39 is 0 Å². The molecule has 10 heavy (non-hydrogen) atoms. The van der Waals surface area contributed by atoms with E-state index in [-0.39, 0.29) is 5.41 Å². The van der Waals surface area contributed by atoms with Gasteiger partial charge in [0.1, 0.15) is 6.29 Å². The zero-order valence-electron chi connectivity index (χ0n) is 8.49. The van der Waals surface area contributed by atoms with Gasteiger partial charge in [0.25, 0.3) is 0 Å². The fourth-order valence-corrected chi connectivity index (χ4v) is 0. The van der Waals surface area contributed by atoms with E-state index in [1.807, 2.05) is 48.5 Å². The Bertz CT molecular complexity index is 50.2. The fourth-order valence-electron chi connectivity index (χ4n) is 0. The van der Waals surface area contributed by atoms with Crippen LogP contribution in [0.2, 0.25) is 0 Å². The normalized spacial score (nSPS) is 7.90. The maximum atomic E-state index is 9.83. The molecule has 1 heteroatoms. The molecule has 1 nitrogen and oxygen atoms in total. The lowest BCUT2D eigenvalue weighted by Gasteiger charge is -2.03. The third kappa shape index (κ3) is 47.9. The molecule has 0 aliphatic carbocycles. The van der Waals surface area contributed by atoms with Crippen molar-refractivity contribution in [2.24, 2.45) is 5.41 Å². The molecule has 0 radical (unpaired) electrons. The smallest absolute Gasteiger partial charge is 0.125 e. The molecule has 0 amide bonds. The van der Waals surface area contributed by atoms with Crippen LogP contribution in [0.3, 0.4) is 0 Å². The van der Waals surface area contributed by atoms with Gasteiger partial charge in [0, 0.05) is 5.41 Å². The zero-order valence-corrected chi connectivity index (χ0v) is 8.49. The van der Waals surface area contributed by atoms with Crippen LogP contribution >= 0.6 is 0 Å². The Morgan fingerprint density at radius 1 is 0.900 bits per heavy atom. The Morgan fingerprint density at radius 2 is 1.00 bits per heavy atom. The van der Waals surface area contributed by atoms with E-state index >= 15 is 0 Å². The Balaban J connectivity index is -0.000000105. The van der Waals surface area contributed by atoms with Crippen LogP contribution in [0.25, 0.3) is 0 Å². The second-order valence-corrected chi connectivity index (χ2v) is 2.48. The van der Waals surface area contributed by atoms with Gasteiger partial charge in [-0.25, -0.2) is 0 Å². The van der Waals surface area contributed by atoms with E-state index in [0.717, 1.165) is 6.29 Å². The van der Waals surface area contributed by atoms with Crippen LogP contribution in [0.1, 0.15) is 48.5 Å². The summed E-state index contributed by atoms with van der Waals surface area (Å²) < 4.78 is 0. The van der Waals surface area contributed by atoms with Crippen molar-refractivity contribution in [3.05, 3.63) is 0 Å². The highest BCUT2D eigenvalue weighted by Crippen LogP contribution is 2.05. The van der Waals surface area contributed by atoms with Gasteiger partial charge in [0.2, 0.25) is 0 Å². The van der Waals surface area contributed by atoms with Crippen molar-refractivity contribution in [2.45, 2.75) is 48.5 Å². The van der Waals surface area contributed by atoms with Crippen LogP contribution in [0.4, 0.5) is 0 Å². The van der Waals surface area contributed by atoms with Gasteiger partial charge >= 0.3 is 0 Å². The summed E-state index contributed by atoms with van der Waals surface area (Å²) in [6, 6.07) is 0. The molecular weight excluding hydrogens is 124 g/mol. The summed E-state index contributed by atoms with van der Waals surface area (Å²) in [6.07, 6.45) is 0.938. The van der Waals surface area contributed by atoms with Crippen molar-refractivity contribution in [1.82, 2.24) is 0 Å². The molecule has 0 N–H and O–H groups in total. The third-order valence-corrected chi connectivity index (χ3v) is 0.354. The van der Waals surface area contributed by atoms with Crippen LogP contribution in [0.15, 0.2) is 0 Å². The summed E-state index contributed by atoms with van der Waals surface area (Å²) in [5, 5.41) is 0. The Labute approximate surface area is 65.8 Å². The first-order valence-corrected chi connectivity index (χ1v) is 4.02. The van der Waals surface area contributed by atoms with Crippen molar-refractivity contribution in [3.63, 3.8) is 0 Å². The minimum absolute atomic E-state index is 0.139. The SMILES string of the molecule is CC.CC.CC(C)(C)C=O. The van der Waals surface area contributed by atoms with Gasteiger partial charge in [0.15, 0.2) is 0 Å². The number of aldehydes is 1. The standard InChI is InChI=1S/C5H10O.2C2H6/c1-5(2,3)4-6;2*1-2/h4H,1-3H3;2*1-2H3. The maximum Gasteiger partial charge on any atom is 0.125 e. The number of rotatable bonds is 0. The predicted molar refractivity (Wildman–Crippen MR) is 48.2 cm³/mol. The van der Waals surface area contributed by atoms with E-state index in [1.54, 1.807) is 0 Å². The molecule has 0 fully saturated rings. The molecule has 0 aliphatic heterocycles. The van der Waals surface area contributed by atoms with E-state index in [4.69, 9.17) is 0 Å². The summed E-state index contributed by atoms with van der Waals surface area (Å²) in [5.74, 6) is 0. The van der Waals surface area contributed by atoms with Crippen LogP contribution in [0, 0.1) is 5.41 Å². The highest BCUT2D eigenvalue weighted by Gasteiger charge is 2.04. The molecule has 0 unspecified atom stereocenters. The molecule has 0 bridgehead atoms. The van der Waals surface area contributed by atoms with Crippen LogP contribution in [-0.2, 0) is 4.79 Å². The summed E-state index contributed by atoms with van der Waals surface area (Å²) in [7, 11) is 0. The topological polar surface area (TPSA) is 17.1 Å². The van der Waals surface area contributed by atoms with Crippen molar-refractivity contribution in [2.75, 3.05) is 0 Å². The molecular formula is C9H22O. The molecule has 0 heterocycles. The second-order valence-electron chi connectivity index (χ2n) is 2.48. The molecule has 0 saturated carbocycles. The first kappa shape index (κ1) is 16.3. The fraction of sp³-hybridized carbons (Fsp3) is 0.889. The quantitative estimate of drug-likeness (QED) is 0.479. The van der Waals surface area contributed by atoms with Gasteiger partial charge in [-0.3, -0.25) is 0 Å². The minimum Gasteiger partial charge on any atom is -0.303 e. The lowest BCUT2D eigenvalue weighted by molar-refractivity contribution is -0.113. The lowest BCUT2D eigenvalue weighted by Crippen LogP contribution is -2.04. The van der Waals surface area contributed by atoms with Crippen LogP contribution < -0.4 is 0 Å². The number of hydrogen-bond acceptors (Lipinski definition) is 1. The third-order valence-electron chi connectivity index (χ3n) is 0.354. The minimum atomic E-state index is -0.139. The van der Waals surface area contributed by atoms with Crippen LogP contribution in [0.5, 0.6) is 0 Å². The molecule has 0 rings (SSSR count). The van der Waals surface area contributed by atoms with Crippen molar-refractivity contribution in [3.8, 4) is 0 Å². The van der Waals surface area contributed by atoms with Gasteiger partial charge < -0.3 is 4.79 Å². The molecule has 0 atom stereocenters. The monoisotopic (exact) mass is 146 g/mol. The summed E-state index contributed by atoms with van der Waals surface area (Å²) in [4.78, 5) is 9.83. The maximum absolute atomic E-state index is 9.83. The van der Waals surface area contributed by atoms with E-state index in [2.05, 4.69) is 0 Å². The second kappa shape index (κ2) is 11.5. The number of carbonyl (C=O) groups excluding carboxylic acids is 1. The van der Waals surface area contributed by atoms with E-state index in [9.17, 15) is 4.79 Å². The van der Waals surface area contributed by atoms with Crippen molar-refractivity contribution in [1.29, 1.82) is 0 Å². The van der Waals surface area contributed by atoms with Gasteiger partial charge in [-0.1, -0.05) is 48.5 Å². The lowest BCUT2D eigenvalue weighted by atomic mass is 10.0. The molecule has 0 aromatic carbocycles. The number of hydrogen-bond donors (Lipinski definition) is 0. The summed E-state index contributed by atoms with van der Waals surface area (Å²) in [5.41, 5.74) is -0.139. The van der Waals surface area contributed by atoms with E-state index in [1.165, 1.54) is 0 Å². The highest BCUT2D eigenvalue weighted by molar-refractivity contribution is 5.56. The van der Waals surface area contributed by atoms with Gasteiger partial charge in [-0.2, -0.15) is 0 Å². The largest absolute Gasteiger partial charge is 0.303 e. The van der Waals surface area contributed by atoms with Gasteiger partial charge in [0.05, 0.1) is 0 Å².